The van der Waals surface area contributed by atoms with E-state index in [4.69, 9.17) is 0 Å². The third-order valence-electron chi connectivity index (χ3n) is 3.16. The fourth-order valence-corrected chi connectivity index (χ4v) is 2.12. The molecule has 110 valence electrons. The number of carbonyl (C=O) groups is 1. The second kappa shape index (κ2) is 5.99. The van der Waals surface area contributed by atoms with Crippen molar-refractivity contribution >= 4 is 12.0 Å². The van der Waals surface area contributed by atoms with Gasteiger partial charge in [0.2, 0.25) is 0 Å². The molecule has 5 heteroatoms. The van der Waals surface area contributed by atoms with Gasteiger partial charge < -0.3 is 4.90 Å². The first-order valence-electron chi connectivity index (χ1n) is 6.33. The molecule has 0 fully saturated rings. The molecule has 0 saturated carbocycles. The Hall–Kier alpha value is -2.30. The van der Waals surface area contributed by atoms with Gasteiger partial charge in [-0.3, -0.25) is 4.79 Å². The molecule has 2 aromatic carbocycles. The Bertz CT molecular complexity index is 623. The zero-order valence-electron chi connectivity index (χ0n) is 11.4. The lowest BCUT2D eigenvalue weighted by Gasteiger charge is -2.22. The third-order valence-corrected chi connectivity index (χ3v) is 3.16. The minimum atomic E-state index is -4.45. The van der Waals surface area contributed by atoms with Crippen molar-refractivity contribution in [1.29, 1.82) is 0 Å². The first-order valence-corrected chi connectivity index (χ1v) is 6.33. The molecule has 0 radical (unpaired) electrons. The van der Waals surface area contributed by atoms with E-state index in [-0.39, 0.29) is 5.56 Å². The standard InChI is InChI=1S/C16H14F3NO/c1-20(10-12-5-3-2-4-6-12)15-8-7-14(16(17,18)19)9-13(15)11-21/h2-9,11H,10H2,1H3. The summed E-state index contributed by atoms with van der Waals surface area (Å²) in [6, 6.07) is 12.7. The van der Waals surface area contributed by atoms with Crippen LogP contribution in [0.25, 0.3) is 0 Å². The van der Waals surface area contributed by atoms with Crippen LogP contribution in [0.2, 0.25) is 0 Å². The monoisotopic (exact) mass is 293 g/mol. The van der Waals surface area contributed by atoms with E-state index in [0.717, 1.165) is 17.7 Å². The lowest BCUT2D eigenvalue weighted by Crippen LogP contribution is -2.18. The first kappa shape index (κ1) is 15.1. The van der Waals surface area contributed by atoms with Gasteiger partial charge in [0.1, 0.15) is 0 Å². The summed E-state index contributed by atoms with van der Waals surface area (Å²) in [4.78, 5) is 12.8. The zero-order valence-corrected chi connectivity index (χ0v) is 11.4. The number of rotatable bonds is 4. The molecule has 21 heavy (non-hydrogen) atoms. The summed E-state index contributed by atoms with van der Waals surface area (Å²) in [5.41, 5.74) is 0.698. The Balaban J connectivity index is 2.29. The van der Waals surface area contributed by atoms with E-state index in [9.17, 15) is 18.0 Å². The molecular formula is C16H14F3NO. The molecule has 0 aliphatic carbocycles. The molecule has 0 atom stereocenters. The maximum atomic E-state index is 12.7. The second-order valence-corrected chi connectivity index (χ2v) is 4.73. The van der Waals surface area contributed by atoms with Gasteiger partial charge in [0.15, 0.2) is 6.29 Å². The average molecular weight is 293 g/mol. The van der Waals surface area contributed by atoms with Crippen molar-refractivity contribution in [3.63, 3.8) is 0 Å². The van der Waals surface area contributed by atoms with Crippen LogP contribution in [0.15, 0.2) is 48.5 Å². The van der Waals surface area contributed by atoms with E-state index in [0.29, 0.717) is 18.5 Å². The maximum absolute atomic E-state index is 12.7. The number of carbonyl (C=O) groups excluding carboxylic acids is 1. The molecule has 0 spiro atoms. The van der Waals surface area contributed by atoms with E-state index in [1.165, 1.54) is 6.07 Å². The van der Waals surface area contributed by atoms with Crippen LogP contribution in [0, 0.1) is 0 Å². The predicted molar refractivity (Wildman–Crippen MR) is 75.4 cm³/mol. The van der Waals surface area contributed by atoms with Crippen LogP contribution in [-0.2, 0) is 12.7 Å². The summed E-state index contributed by atoms with van der Waals surface area (Å²) in [5, 5.41) is 0. The number of aldehydes is 1. The van der Waals surface area contributed by atoms with Gasteiger partial charge in [-0.2, -0.15) is 13.2 Å². The molecule has 0 saturated heterocycles. The Morgan fingerprint density at radius 1 is 1.10 bits per heavy atom. The van der Waals surface area contributed by atoms with Crippen molar-refractivity contribution in [2.75, 3.05) is 11.9 Å². The number of hydrogen-bond acceptors (Lipinski definition) is 2. The molecule has 0 bridgehead atoms. The van der Waals surface area contributed by atoms with Gasteiger partial charge in [-0.1, -0.05) is 30.3 Å². The van der Waals surface area contributed by atoms with Crippen molar-refractivity contribution in [2.45, 2.75) is 12.7 Å². The van der Waals surface area contributed by atoms with Crippen LogP contribution in [-0.4, -0.2) is 13.3 Å². The van der Waals surface area contributed by atoms with Gasteiger partial charge in [-0.25, -0.2) is 0 Å². The highest BCUT2D eigenvalue weighted by Crippen LogP contribution is 2.32. The van der Waals surface area contributed by atoms with Gasteiger partial charge in [0.25, 0.3) is 0 Å². The zero-order chi connectivity index (χ0) is 15.5. The molecule has 0 unspecified atom stereocenters. The van der Waals surface area contributed by atoms with Crippen molar-refractivity contribution in [2.24, 2.45) is 0 Å². The average Bonchev–Trinajstić information content (AvgIpc) is 2.46. The fourth-order valence-electron chi connectivity index (χ4n) is 2.12. The summed E-state index contributed by atoms with van der Waals surface area (Å²) in [6.07, 6.45) is -4.00. The molecule has 0 heterocycles. The summed E-state index contributed by atoms with van der Waals surface area (Å²) in [6.45, 7) is 0.507. The normalized spacial score (nSPS) is 11.2. The maximum Gasteiger partial charge on any atom is 0.416 e. The number of halogens is 3. The summed E-state index contributed by atoms with van der Waals surface area (Å²) < 4.78 is 38.0. The number of hydrogen-bond donors (Lipinski definition) is 0. The summed E-state index contributed by atoms with van der Waals surface area (Å²) >= 11 is 0. The fraction of sp³-hybridized carbons (Fsp3) is 0.188. The highest BCUT2D eigenvalue weighted by atomic mass is 19.4. The minimum Gasteiger partial charge on any atom is -0.370 e. The Labute approximate surface area is 120 Å². The molecular weight excluding hydrogens is 279 g/mol. The summed E-state index contributed by atoms with van der Waals surface area (Å²) in [7, 11) is 1.74. The molecule has 2 rings (SSSR count). The van der Waals surface area contributed by atoms with Crippen LogP contribution in [0.4, 0.5) is 18.9 Å². The summed E-state index contributed by atoms with van der Waals surface area (Å²) in [5.74, 6) is 0. The van der Waals surface area contributed by atoms with E-state index in [2.05, 4.69) is 0 Å². The minimum absolute atomic E-state index is 0.0308. The number of anilines is 1. The first-order chi connectivity index (χ1) is 9.91. The van der Waals surface area contributed by atoms with Crippen LogP contribution in [0.1, 0.15) is 21.5 Å². The van der Waals surface area contributed by atoms with Crippen molar-refractivity contribution in [3.05, 3.63) is 65.2 Å². The third kappa shape index (κ3) is 3.62. The predicted octanol–water partition coefficient (Wildman–Crippen LogP) is 4.15. The number of alkyl halides is 3. The van der Waals surface area contributed by atoms with E-state index >= 15 is 0 Å². The van der Waals surface area contributed by atoms with Gasteiger partial charge >= 0.3 is 6.18 Å². The SMILES string of the molecule is CN(Cc1ccccc1)c1ccc(C(F)(F)F)cc1C=O. The van der Waals surface area contributed by atoms with Gasteiger partial charge in [0.05, 0.1) is 5.56 Å². The Kier molecular flexibility index (Phi) is 4.31. The molecule has 0 N–H and O–H groups in total. The van der Waals surface area contributed by atoms with Crippen LogP contribution >= 0.6 is 0 Å². The molecule has 0 aliphatic rings. The Morgan fingerprint density at radius 3 is 2.33 bits per heavy atom. The van der Waals surface area contributed by atoms with Crippen molar-refractivity contribution in [3.8, 4) is 0 Å². The van der Waals surface area contributed by atoms with E-state index < -0.39 is 11.7 Å². The highest BCUT2D eigenvalue weighted by Gasteiger charge is 2.31. The van der Waals surface area contributed by atoms with Crippen LogP contribution < -0.4 is 4.90 Å². The van der Waals surface area contributed by atoms with Crippen molar-refractivity contribution < 1.29 is 18.0 Å². The molecule has 0 aliphatic heterocycles. The number of nitrogens with zero attached hydrogens (tertiary/aromatic N) is 1. The smallest absolute Gasteiger partial charge is 0.370 e. The van der Waals surface area contributed by atoms with E-state index in [1.54, 1.807) is 11.9 Å². The molecule has 2 nitrogen and oxygen atoms in total. The lowest BCUT2D eigenvalue weighted by molar-refractivity contribution is -0.137. The van der Waals surface area contributed by atoms with Gasteiger partial charge in [0, 0.05) is 24.8 Å². The largest absolute Gasteiger partial charge is 0.416 e. The second-order valence-electron chi connectivity index (χ2n) is 4.73. The molecule has 2 aromatic rings. The van der Waals surface area contributed by atoms with Crippen LogP contribution in [0.3, 0.4) is 0 Å². The van der Waals surface area contributed by atoms with Gasteiger partial charge in [-0.15, -0.1) is 0 Å². The topological polar surface area (TPSA) is 20.3 Å². The quantitative estimate of drug-likeness (QED) is 0.789. The van der Waals surface area contributed by atoms with Crippen LogP contribution in [0.5, 0.6) is 0 Å². The number of benzene rings is 2. The van der Waals surface area contributed by atoms with Gasteiger partial charge in [-0.05, 0) is 23.8 Å². The molecule has 0 aromatic heterocycles. The highest BCUT2D eigenvalue weighted by molar-refractivity contribution is 5.85. The lowest BCUT2D eigenvalue weighted by atomic mass is 10.1. The van der Waals surface area contributed by atoms with E-state index in [1.807, 2.05) is 30.3 Å². The molecule has 0 amide bonds. The van der Waals surface area contributed by atoms with Crippen molar-refractivity contribution in [1.82, 2.24) is 0 Å². The Morgan fingerprint density at radius 2 is 1.76 bits per heavy atom.